The second kappa shape index (κ2) is 7.71. The third-order valence-corrected chi connectivity index (χ3v) is 4.15. The molecule has 0 radical (unpaired) electrons. The lowest BCUT2D eigenvalue weighted by molar-refractivity contribution is 0.104. The van der Waals surface area contributed by atoms with Crippen molar-refractivity contribution in [3.63, 3.8) is 0 Å². The first-order valence-electron chi connectivity index (χ1n) is 7.91. The Morgan fingerprint density at radius 1 is 1.20 bits per heavy atom. The maximum absolute atomic E-state index is 12.3. The van der Waals surface area contributed by atoms with Crippen LogP contribution in [0.15, 0.2) is 54.6 Å². The Labute approximate surface area is 147 Å². The standard InChI is InChI=1S/C21H22O4/c1-13(2)14(3)18-11-16(21(25-4)12-20(18)24)7-10-19(23)15-5-8-17(22)9-6-15/h5-12,14,22,24H,1H2,2-4H3/t14-/m0/s1. The Kier molecular flexibility index (Phi) is 5.65. The Morgan fingerprint density at radius 2 is 1.84 bits per heavy atom. The largest absolute Gasteiger partial charge is 0.508 e. The molecule has 130 valence electrons. The van der Waals surface area contributed by atoms with Crippen LogP contribution >= 0.6 is 0 Å². The summed E-state index contributed by atoms with van der Waals surface area (Å²) < 4.78 is 5.30. The van der Waals surface area contributed by atoms with Crippen LogP contribution in [-0.2, 0) is 0 Å². The minimum Gasteiger partial charge on any atom is -0.508 e. The molecule has 25 heavy (non-hydrogen) atoms. The van der Waals surface area contributed by atoms with E-state index in [-0.39, 0.29) is 23.2 Å². The molecular formula is C21H22O4. The molecular weight excluding hydrogens is 316 g/mol. The molecule has 0 saturated heterocycles. The average molecular weight is 338 g/mol. The smallest absolute Gasteiger partial charge is 0.185 e. The van der Waals surface area contributed by atoms with Gasteiger partial charge in [0, 0.05) is 28.7 Å². The number of allylic oxidation sites excluding steroid dienone is 2. The van der Waals surface area contributed by atoms with Crippen molar-refractivity contribution in [2.45, 2.75) is 19.8 Å². The summed E-state index contributed by atoms with van der Waals surface area (Å²) in [7, 11) is 1.51. The number of carbonyl (C=O) groups excluding carboxylic acids is 1. The van der Waals surface area contributed by atoms with Gasteiger partial charge in [-0.2, -0.15) is 0 Å². The first kappa shape index (κ1) is 18.3. The van der Waals surface area contributed by atoms with Crippen LogP contribution in [0.1, 0.15) is 41.3 Å². The van der Waals surface area contributed by atoms with Gasteiger partial charge in [-0.25, -0.2) is 0 Å². The average Bonchev–Trinajstić information content (AvgIpc) is 2.59. The number of methoxy groups -OCH3 is 1. The first-order chi connectivity index (χ1) is 11.8. The molecule has 2 aromatic carbocycles. The second-order valence-electron chi connectivity index (χ2n) is 5.97. The van der Waals surface area contributed by atoms with Crippen LogP contribution in [0.4, 0.5) is 0 Å². The maximum Gasteiger partial charge on any atom is 0.185 e. The molecule has 2 N–H and O–H groups in total. The highest BCUT2D eigenvalue weighted by Crippen LogP contribution is 2.36. The molecule has 2 rings (SSSR count). The molecule has 4 nitrogen and oxygen atoms in total. The van der Waals surface area contributed by atoms with E-state index in [1.807, 2.05) is 13.8 Å². The van der Waals surface area contributed by atoms with Crippen molar-refractivity contribution >= 4 is 11.9 Å². The zero-order chi connectivity index (χ0) is 18.6. The summed E-state index contributed by atoms with van der Waals surface area (Å²) in [5.74, 6) is 0.508. The number of hydrogen-bond donors (Lipinski definition) is 2. The van der Waals surface area contributed by atoms with Gasteiger partial charge in [0.15, 0.2) is 5.78 Å². The minimum absolute atomic E-state index is 0.0224. The zero-order valence-corrected chi connectivity index (χ0v) is 14.6. The van der Waals surface area contributed by atoms with Crippen molar-refractivity contribution in [3.05, 3.63) is 71.3 Å². The highest BCUT2D eigenvalue weighted by atomic mass is 16.5. The molecule has 0 heterocycles. The van der Waals surface area contributed by atoms with Crippen molar-refractivity contribution in [2.24, 2.45) is 0 Å². The molecule has 0 unspecified atom stereocenters. The van der Waals surface area contributed by atoms with Gasteiger partial charge < -0.3 is 14.9 Å². The number of ketones is 1. The quantitative estimate of drug-likeness (QED) is 0.456. The Balaban J connectivity index is 2.36. The van der Waals surface area contributed by atoms with Crippen molar-refractivity contribution in [2.75, 3.05) is 7.11 Å². The fourth-order valence-electron chi connectivity index (χ4n) is 2.41. The van der Waals surface area contributed by atoms with Gasteiger partial charge in [0.2, 0.25) is 0 Å². The number of benzene rings is 2. The van der Waals surface area contributed by atoms with E-state index in [1.54, 1.807) is 30.3 Å². The summed E-state index contributed by atoms with van der Waals surface area (Å²) in [4.78, 5) is 12.3. The van der Waals surface area contributed by atoms with Crippen molar-refractivity contribution in [1.29, 1.82) is 0 Å². The van der Waals surface area contributed by atoms with Gasteiger partial charge >= 0.3 is 0 Å². The maximum atomic E-state index is 12.3. The number of hydrogen-bond acceptors (Lipinski definition) is 4. The number of phenolic OH excluding ortho intramolecular Hbond substituents is 2. The highest BCUT2D eigenvalue weighted by Gasteiger charge is 2.15. The summed E-state index contributed by atoms with van der Waals surface area (Å²) >= 11 is 0. The van der Waals surface area contributed by atoms with Crippen LogP contribution in [0.25, 0.3) is 6.08 Å². The van der Waals surface area contributed by atoms with E-state index < -0.39 is 0 Å². The van der Waals surface area contributed by atoms with Crippen LogP contribution in [0.2, 0.25) is 0 Å². The molecule has 0 amide bonds. The van der Waals surface area contributed by atoms with Crippen LogP contribution in [0.5, 0.6) is 17.2 Å². The SMILES string of the molecule is C=C(C)[C@H](C)c1cc(C=CC(=O)c2ccc(O)cc2)c(OC)cc1O. The summed E-state index contributed by atoms with van der Waals surface area (Å²) in [5.41, 5.74) is 2.82. The molecule has 0 aliphatic heterocycles. The lowest BCUT2D eigenvalue weighted by atomic mass is 9.92. The predicted molar refractivity (Wildman–Crippen MR) is 99.4 cm³/mol. The molecule has 0 fully saturated rings. The molecule has 0 aliphatic carbocycles. The Bertz CT molecular complexity index is 817. The molecule has 4 heteroatoms. The molecule has 0 bridgehead atoms. The van der Waals surface area contributed by atoms with Gasteiger partial charge in [0.25, 0.3) is 0 Å². The van der Waals surface area contributed by atoms with E-state index in [9.17, 15) is 15.0 Å². The van der Waals surface area contributed by atoms with E-state index in [0.29, 0.717) is 16.9 Å². The van der Waals surface area contributed by atoms with Gasteiger partial charge in [-0.05, 0) is 49.4 Å². The van der Waals surface area contributed by atoms with Crippen LogP contribution in [-0.4, -0.2) is 23.1 Å². The van der Waals surface area contributed by atoms with Crippen molar-refractivity contribution in [1.82, 2.24) is 0 Å². The monoisotopic (exact) mass is 338 g/mol. The molecule has 1 atom stereocenters. The van der Waals surface area contributed by atoms with E-state index in [0.717, 1.165) is 11.1 Å². The van der Waals surface area contributed by atoms with Crippen LogP contribution < -0.4 is 4.74 Å². The van der Waals surface area contributed by atoms with E-state index in [1.165, 1.54) is 25.3 Å². The van der Waals surface area contributed by atoms with Gasteiger partial charge in [-0.3, -0.25) is 4.79 Å². The fraction of sp³-hybridized carbons (Fsp3) is 0.190. The van der Waals surface area contributed by atoms with E-state index in [2.05, 4.69) is 6.58 Å². The lowest BCUT2D eigenvalue weighted by Crippen LogP contribution is -1.98. The summed E-state index contributed by atoms with van der Waals surface area (Å²) in [5, 5.41) is 19.5. The molecule has 0 aromatic heterocycles. The third kappa shape index (κ3) is 4.29. The van der Waals surface area contributed by atoms with E-state index in [4.69, 9.17) is 4.74 Å². The van der Waals surface area contributed by atoms with Crippen LogP contribution in [0.3, 0.4) is 0 Å². The summed E-state index contributed by atoms with van der Waals surface area (Å²) in [6.45, 7) is 7.79. The van der Waals surface area contributed by atoms with Gasteiger partial charge in [-0.1, -0.05) is 19.1 Å². The predicted octanol–water partition coefficient (Wildman–Crippen LogP) is 4.68. The number of ether oxygens (including phenoxy) is 1. The number of phenols is 2. The lowest BCUT2D eigenvalue weighted by Gasteiger charge is -2.16. The summed E-state index contributed by atoms with van der Waals surface area (Å²) in [6, 6.07) is 9.40. The zero-order valence-electron chi connectivity index (χ0n) is 14.6. The molecule has 0 spiro atoms. The number of aromatic hydroxyl groups is 2. The van der Waals surface area contributed by atoms with Crippen molar-refractivity contribution < 1.29 is 19.7 Å². The first-order valence-corrected chi connectivity index (χ1v) is 7.91. The normalized spacial score (nSPS) is 12.1. The fourth-order valence-corrected chi connectivity index (χ4v) is 2.41. The highest BCUT2D eigenvalue weighted by molar-refractivity contribution is 6.07. The Hall–Kier alpha value is -3.01. The third-order valence-electron chi connectivity index (χ3n) is 4.15. The topological polar surface area (TPSA) is 66.8 Å². The minimum atomic E-state index is -0.190. The number of rotatable bonds is 6. The van der Waals surface area contributed by atoms with Crippen LogP contribution in [0, 0.1) is 0 Å². The van der Waals surface area contributed by atoms with E-state index >= 15 is 0 Å². The van der Waals surface area contributed by atoms with Crippen molar-refractivity contribution in [3.8, 4) is 17.2 Å². The molecule has 0 saturated carbocycles. The number of carbonyl (C=O) groups is 1. The summed E-state index contributed by atoms with van der Waals surface area (Å²) in [6.07, 6.45) is 3.10. The van der Waals surface area contributed by atoms with Gasteiger partial charge in [0.05, 0.1) is 7.11 Å². The van der Waals surface area contributed by atoms with Gasteiger partial charge in [0.1, 0.15) is 17.2 Å². The molecule has 0 aliphatic rings. The second-order valence-corrected chi connectivity index (χ2v) is 5.97. The van der Waals surface area contributed by atoms with Gasteiger partial charge in [-0.15, -0.1) is 0 Å². The molecule has 2 aromatic rings. The Morgan fingerprint density at radius 3 is 2.40 bits per heavy atom.